The van der Waals surface area contributed by atoms with Gasteiger partial charge in [-0.2, -0.15) is 0 Å². The molecule has 1 saturated heterocycles. The predicted octanol–water partition coefficient (Wildman–Crippen LogP) is -0.502. The molecule has 0 aromatic rings. The third-order valence-corrected chi connectivity index (χ3v) is 3.95. The molecular formula is C12H20N4O3. The second kappa shape index (κ2) is 5.07. The summed E-state index contributed by atoms with van der Waals surface area (Å²) in [6.07, 6.45) is 1.86. The van der Waals surface area contributed by atoms with Crippen molar-refractivity contribution in [3.05, 3.63) is 0 Å². The summed E-state index contributed by atoms with van der Waals surface area (Å²) in [5.74, 6) is -0.0314. The summed E-state index contributed by atoms with van der Waals surface area (Å²) in [5, 5.41) is 14.6. The zero-order chi connectivity index (χ0) is 14.0. The Morgan fingerprint density at radius 1 is 1.58 bits per heavy atom. The molecule has 2 rings (SSSR count). The quantitative estimate of drug-likeness (QED) is 0.271. The first-order valence-corrected chi connectivity index (χ1v) is 6.53. The van der Waals surface area contributed by atoms with E-state index in [1.54, 1.807) is 0 Å². The van der Waals surface area contributed by atoms with Crippen LogP contribution in [0.1, 0.15) is 26.2 Å². The lowest BCUT2D eigenvalue weighted by molar-refractivity contribution is -0.146. The Bertz CT molecular complexity index is 415. The molecule has 106 valence electrons. The third-order valence-electron chi connectivity index (χ3n) is 3.95. The van der Waals surface area contributed by atoms with Crippen LogP contribution in [0.3, 0.4) is 0 Å². The zero-order valence-corrected chi connectivity index (χ0v) is 11.1. The normalized spacial score (nSPS) is 32.3. The summed E-state index contributed by atoms with van der Waals surface area (Å²) < 4.78 is 0. The van der Waals surface area contributed by atoms with Gasteiger partial charge in [-0.15, -0.1) is 0 Å². The van der Waals surface area contributed by atoms with Crippen molar-refractivity contribution in [1.82, 2.24) is 10.2 Å². The minimum Gasteiger partial charge on any atom is -0.409 e. The molecule has 19 heavy (non-hydrogen) atoms. The van der Waals surface area contributed by atoms with Gasteiger partial charge in [-0.05, 0) is 25.2 Å². The van der Waals surface area contributed by atoms with E-state index in [1.807, 2.05) is 6.92 Å². The zero-order valence-electron chi connectivity index (χ0n) is 11.1. The Morgan fingerprint density at radius 3 is 2.84 bits per heavy atom. The number of nitrogens with zero attached hydrogens (tertiary/aromatic N) is 2. The minimum atomic E-state index is -0.918. The standard InChI is InChI=1S/C12H20N4O3/c1-8-5-12(6-8,10(13)15-19)11(18)16-4-2-3-14-9(17)7-16/h8,19H,2-7H2,1H3,(H2,13,15)(H,14,17). The maximum absolute atomic E-state index is 12.6. The van der Waals surface area contributed by atoms with Crippen LogP contribution in [0.25, 0.3) is 0 Å². The number of carbonyl (C=O) groups is 2. The average Bonchev–Trinajstić information content (AvgIpc) is 2.57. The first-order valence-electron chi connectivity index (χ1n) is 6.53. The molecule has 1 saturated carbocycles. The van der Waals surface area contributed by atoms with Gasteiger partial charge in [0.1, 0.15) is 5.41 Å². The smallest absolute Gasteiger partial charge is 0.239 e. The second-order valence-electron chi connectivity index (χ2n) is 5.51. The lowest BCUT2D eigenvalue weighted by Crippen LogP contribution is -2.58. The van der Waals surface area contributed by atoms with Gasteiger partial charge in [0.25, 0.3) is 0 Å². The highest BCUT2D eigenvalue weighted by atomic mass is 16.4. The van der Waals surface area contributed by atoms with Gasteiger partial charge in [-0.25, -0.2) is 0 Å². The first kappa shape index (κ1) is 13.6. The predicted molar refractivity (Wildman–Crippen MR) is 68.4 cm³/mol. The highest BCUT2D eigenvalue weighted by Crippen LogP contribution is 2.47. The number of oxime groups is 1. The van der Waals surface area contributed by atoms with E-state index in [0.29, 0.717) is 31.8 Å². The topological polar surface area (TPSA) is 108 Å². The number of nitrogens with two attached hydrogens (primary N) is 1. The van der Waals surface area contributed by atoms with Crippen molar-refractivity contribution in [2.45, 2.75) is 26.2 Å². The van der Waals surface area contributed by atoms with Crippen LogP contribution in [0.5, 0.6) is 0 Å². The number of nitrogens with one attached hydrogen (secondary N) is 1. The van der Waals surface area contributed by atoms with Crippen LogP contribution in [0.2, 0.25) is 0 Å². The van der Waals surface area contributed by atoms with E-state index in [4.69, 9.17) is 10.9 Å². The molecule has 2 aliphatic rings. The SMILES string of the molecule is CC1CC(C(=O)N2CCCNC(=O)C2)(C(N)=NO)C1. The lowest BCUT2D eigenvalue weighted by Gasteiger charge is -2.45. The van der Waals surface area contributed by atoms with E-state index in [2.05, 4.69) is 10.5 Å². The number of carbonyl (C=O) groups excluding carboxylic acids is 2. The number of amidine groups is 1. The molecule has 0 aromatic carbocycles. The van der Waals surface area contributed by atoms with Crippen LogP contribution in [-0.2, 0) is 9.59 Å². The van der Waals surface area contributed by atoms with E-state index < -0.39 is 5.41 Å². The largest absolute Gasteiger partial charge is 0.409 e. The average molecular weight is 268 g/mol. The minimum absolute atomic E-state index is 0.0414. The molecule has 1 heterocycles. The molecule has 2 amide bonds. The van der Waals surface area contributed by atoms with Gasteiger partial charge in [0.2, 0.25) is 11.8 Å². The Kier molecular flexibility index (Phi) is 3.64. The molecule has 1 aliphatic heterocycles. The van der Waals surface area contributed by atoms with E-state index in [1.165, 1.54) is 4.90 Å². The van der Waals surface area contributed by atoms with E-state index >= 15 is 0 Å². The lowest BCUT2D eigenvalue weighted by atomic mass is 9.61. The summed E-state index contributed by atoms with van der Waals surface area (Å²) in [6, 6.07) is 0. The van der Waals surface area contributed by atoms with Gasteiger partial charge >= 0.3 is 0 Å². The van der Waals surface area contributed by atoms with E-state index in [9.17, 15) is 9.59 Å². The molecule has 2 fully saturated rings. The van der Waals surface area contributed by atoms with Crippen molar-refractivity contribution >= 4 is 17.6 Å². The van der Waals surface area contributed by atoms with Crippen LogP contribution in [0, 0.1) is 11.3 Å². The fourth-order valence-corrected chi connectivity index (χ4v) is 3.00. The van der Waals surface area contributed by atoms with Crippen molar-refractivity contribution in [1.29, 1.82) is 0 Å². The van der Waals surface area contributed by atoms with Gasteiger partial charge in [-0.3, -0.25) is 9.59 Å². The van der Waals surface area contributed by atoms with Crippen molar-refractivity contribution in [2.75, 3.05) is 19.6 Å². The van der Waals surface area contributed by atoms with Gasteiger partial charge in [0.05, 0.1) is 6.54 Å². The first-order chi connectivity index (χ1) is 8.99. The van der Waals surface area contributed by atoms with Crippen molar-refractivity contribution < 1.29 is 14.8 Å². The molecule has 0 aromatic heterocycles. The fraction of sp³-hybridized carbons (Fsp3) is 0.750. The summed E-state index contributed by atoms with van der Waals surface area (Å²) >= 11 is 0. The van der Waals surface area contributed by atoms with E-state index in [0.717, 1.165) is 6.42 Å². The molecule has 0 spiro atoms. The molecule has 7 nitrogen and oxygen atoms in total. The molecule has 4 N–H and O–H groups in total. The summed E-state index contributed by atoms with van der Waals surface area (Å²) in [5.41, 5.74) is 4.79. The maximum Gasteiger partial charge on any atom is 0.239 e. The van der Waals surface area contributed by atoms with Crippen molar-refractivity contribution in [3.63, 3.8) is 0 Å². The molecule has 1 aliphatic carbocycles. The molecule has 7 heteroatoms. The Labute approximate surface area is 111 Å². The number of amides is 2. The number of rotatable bonds is 2. The van der Waals surface area contributed by atoms with Gasteiger partial charge in [-0.1, -0.05) is 12.1 Å². The van der Waals surface area contributed by atoms with Crippen LogP contribution >= 0.6 is 0 Å². The Balaban J connectivity index is 2.18. The third kappa shape index (κ3) is 2.36. The fourth-order valence-electron chi connectivity index (χ4n) is 3.00. The number of hydrogen-bond donors (Lipinski definition) is 3. The molecule has 0 atom stereocenters. The second-order valence-corrected chi connectivity index (χ2v) is 5.51. The van der Waals surface area contributed by atoms with Crippen LogP contribution in [0.4, 0.5) is 0 Å². The van der Waals surface area contributed by atoms with Gasteiger partial charge < -0.3 is 21.2 Å². The van der Waals surface area contributed by atoms with Crippen LogP contribution in [0.15, 0.2) is 5.16 Å². The summed E-state index contributed by atoms with van der Waals surface area (Å²) in [6.45, 7) is 3.17. The highest BCUT2D eigenvalue weighted by Gasteiger charge is 2.53. The van der Waals surface area contributed by atoms with Crippen LogP contribution in [-0.4, -0.2) is 47.4 Å². The molecule has 0 radical (unpaired) electrons. The van der Waals surface area contributed by atoms with Crippen LogP contribution < -0.4 is 11.1 Å². The van der Waals surface area contributed by atoms with E-state index in [-0.39, 0.29) is 24.2 Å². The summed E-state index contributed by atoms with van der Waals surface area (Å²) in [4.78, 5) is 25.7. The maximum atomic E-state index is 12.6. The van der Waals surface area contributed by atoms with Gasteiger partial charge in [0.15, 0.2) is 5.84 Å². The van der Waals surface area contributed by atoms with Crippen molar-refractivity contribution in [3.8, 4) is 0 Å². The molecular weight excluding hydrogens is 248 g/mol. The Morgan fingerprint density at radius 2 is 2.26 bits per heavy atom. The monoisotopic (exact) mass is 268 g/mol. The number of hydrogen-bond acceptors (Lipinski definition) is 4. The Hall–Kier alpha value is -1.79. The molecule has 0 bridgehead atoms. The van der Waals surface area contributed by atoms with Gasteiger partial charge in [0, 0.05) is 13.1 Å². The molecule has 0 unspecified atom stereocenters. The van der Waals surface area contributed by atoms with Crippen molar-refractivity contribution in [2.24, 2.45) is 22.2 Å². The highest BCUT2D eigenvalue weighted by molar-refractivity contribution is 6.08. The summed E-state index contributed by atoms with van der Waals surface area (Å²) in [7, 11) is 0.